The molecule has 0 aliphatic heterocycles. The molecule has 0 aliphatic rings. The number of nitrogens with one attached hydrogen (secondary N) is 2. The molecule has 0 saturated carbocycles. The fraction of sp³-hybridized carbons (Fsp3) is 0.300. The standard InChI is InChI=1S/C19H24N4O2.CH4O3S/c20-18(21)14-4-8-16(9-5-14)24-12-2-1-3-13-25-17-10-6-15(7-11-17)19(22)23;1-5(2,3)4/h4-11H,1-3,12-13H2,(H3,20,21)(H3,22,23);1H3,(H,2,3,4)/p-1. The predicted molar refractivity (Wildman–Crippen MR) is 115 cm³/mol. The lowest BCUT2D eigenvalue weighted by Crippen LogP contribution is -2.10. The van der Waals surface area contributed by atoms with Crippen LogP contribution in [0.15, 0.2) is 48.5 Å². The Morgan fingerprint density at radius 1 is 0.800 bits per heavy atom. The first-order valence-corrected chi connectivity index (χ1v) is 10.9. The van der Waals surface area contributed by atoms with Crippen LogP contribution in [0.3, 0.4) is 0 Å². The summed E-state index contributed by atoms with van der Waals surface area (Å²) in [7, 11) is -3.92. The van der Waals surface area contributed by atoms with Crippen LogP contribution in [0, 0.1) is 10.8 Å². The van der Waals surface area contributed by atoms with Crippen molar-refractivity contribution in [2.45, 2.75) is 19.3 Å². The summed E-state index contributed by atoms with van der Waals surface area (Å²) in [6, 6.07) is 14.4. The van der Waals surface area contributed by atoms with Crippen LogP contribution in [0.2, 0.25) is 0 Å². The van der Waals surface area contributed by atoms with Crippen molar-refractivity contribution in [1.82, 2.24) is 0 Å². The van der Waals surface area contributed by atoms with E-state index in [0.29, 0.717) is 30.6 Å². The van der Waals surface area contributed by atoms with Gasteiger partial charge in [0.2, 0.25) is 0 Å². The minimum Gasteiger partial charge on any atom is -0.748 e. The van der Waals surface area contributed by atoms with Gasteiger partial charge in [-0.05, 0) is 67.8 Å². The van der Waals surface area contributed by atoms with Crippen molar-refractivity contribution < 1.29 is 22.4 Å². The fourth-order valence-corrected chi connectivity index (χ4v) is 2.22. The van der Waals surface area contributed by atoms with Gasteiger partial charge in [-0.2, -0.15) is 0 Å². The van der Waals surface area contributed by atoms with Crippen LogP contribution in [0.4, 0.5) is 0 Å². The van der Waals surface area contributed by atoms with Gasteiger partial charge in [0.1, 0.15) is 23.2 Å². The summed E-state index contributed by atoms with van der Waals surface area (Å²) in [6.07, 6.45) is 3.51. The third kappa shape index (κ3) is 11.7. The summed E-state index contributed by atoms with van der Waals surface area (Å²) in [4.78, 5) is 0. The number of ether oxygens (including phenoxy) is 2. The van der Waals surface area contributed by atoms with E-state index in [2.05, 4.69) is 0 Å². The molecule has 0 fully saturated rings. The van der Waals surface area contributed by atoms with Crippen molar-refractivity contribution in [1.29, 1.82) is 10.8 Å². The number of hydrogen-bond donors (Lipinski definition) is 4. The zero-order chi connectivity index (χ0) is 22.6. The Kier molecular flexibility index (Phi) is 10.3. The van der Waals surface area contributed by atoms with Crippen molar-refractivity contribution in [3.63, 3.8) is 0 Å². The molecule has 6 N–H and O–H groups in total. The molecule has 2 rings (SSSR count). The highest BCUT2D eigenvalue weighted by atomic mass is 32.2. The summed E-state index contributed by atoms with van der Waals surface area (Å²) < 4.78 is 38.5. The first kappa shape index (κ1) is 24.9. The van der Waals surface area contributed by atoms with Crippen molar-refractivity contribution in [3.8, 4) is 11.5 Å². The van der Waals surface area contributed by atoms with E-state index in [1.165, 1.54) is 0 Å². The maximum Gasteiger partial charge on any atom is 0.122 e. The van der Waals surface area contributed by atoms with Crippen LogP contribution in [-0.4, -0.2) is 44.1 Å². The molecule has 0 aromatic heterocycles. The molecule has 0 bridgehead atoms. The van der Waals surface area contributed by atoms with Crippen LogP contribution in [-0.2, 0) is 10.1 Å². The lowest BCUT2D eigenvalue weighted by atomic mass is 10.2. The maximum atomic E-state index is 9.08. The van der Waals surface area contributed by atoms with Crippen LogP contribution in [0.25, 0.3) is 0 Å². The number of nitrogens with two attached hydrogens (primary N) is 2. The minimum absolute atomic E-state index is 0.0579. The van der Waals surface area contributed by atoms with Crippen LogP contribution < -0.4 is 20.9 Å². The Bertz CT molecular complexity index is 844. The second-order valence-corrected chi connectivity index (χ2v) is 7.75. The second-order valence-electron chi connectivity index (χ2n) is 6.34. The summed E-state index contributed by atoms with van der Waals surface area (Å²) in [6.45, 7) is 1.29. The number of amidine groups is 2. The highest BCUT2D eigenvalue weighted by Gasteiger charge is 1.99. The molecule has 164 valence electrons. The molecule has 0 unspecified atom stereocenters. The lowest BCUT2D eigenvalue weighted by Gasteiger charge is -2.08. The monoisotopic (exact) mass is 435 g/mol. The molecule has 30 heavy (non-hydrogen) atoms. The predicted octanol–water partition coefficient (Wildman–Crippen LogP) is 2.04. The van der Waals surface area contributed by atoms with Gasteiger partial charge in [0, 0.05) is 17.4 Å². The SMILES string of the molecule is CS(=O)(=O)[O-].N=C(N)c1ccc(OCCCCCOc2ccc(C(=N)N)cc2)cc1. The average molecular weight is 436 g/mol. The number of rotatable bonds is 10. The Morgan fingerprint density at radius 3 is 1.37 bits per heavy atom. The molecule has 9 nitrogen and oxygen atoms in total. The van der Waals surface area contributed by atoms with E-state index in [-0.39, 0.29) is 11.7 Å². The minimum atomic E-state index is -3.92. The molecule has 2 aromatic carbocycles. The Balaban J connectivity index is 0.000000804. The first-order chi connectivity index (χ1) is 14.1. The highest BCUT2D eigenvalue weighted by molar-refractivity contribution is 7.84. The molecule has 0 saturated heterocycles. The number of unbranched alkanes of at least 4 members (excludes halogenated alkanes) is 2. The first-order valence-electron chi connectivity index (χ1n) is 9.11. The Labute approximate surface area is 176 Å². The van der Waals surface area contributed by atoms with Gasteiger partial charge in [-0.1, -0.05) is 0 Å². The van der Waals surface area contributed by atoms with Gasteiger partial charge in [-0.15, -0.1) is 0 Å². The average Bonchev–Trinajstić information content (AvgIpc) is 2.66. The van der Waals surface area contributed by atoms with Gasteiger partial charge in [0.05, 0.1) is 23.3 Å². The van der Waals surface area contributed by atoms with Crippen molar-refractivity contribution >= 4 is 21.8 Å². The van der Waals surface area contributed by atoms with Gasteiger partial charge in [-0.25, -0.2) is 8.42 Å². The van der Waals surface area contributed by atoms with E-state index < -0.39 is 10.1 Å². The van der Waals surface area contributed by atoms with E-state index in [1.54, 1.807) is 24.3 Å². The maximum absolute atomic E-state index is 9.08. The van der Waals surface area contributed by atoms with E-state index in [1.807, 2.05) is 24.3 Å². The van der Waals surface area contributed by atoms with Crippen LogP contribution in [0.5, 0.6) is 11.5 Å². The van der Waals surface area contributed by atoms with Crippen LogP contribution in [0.1, 0.15) is 30.4 Å². The fourth-order valence-electron chi connectivity index (χ4n) is 2.22. The molecule has 0 amide bonds. The topological polar surface area (TPSA) is 175 Å². The number of hydrogen-bond acceptors (Lipinski definition) is 7. The normalized spacial score (nSPS) is 10.5. The van der Waals surface area contributed by atoms with Gasteiger partial charge >= 0.3 is 0 Å². The molecule has 0 heterocycles. The summed E-state index contributed by atoms with van der Waals surface area (Å²) in [5.74, 6) is 1.68. The summed E-state index contributed by atoms with van der Waals surface area (Å²) in [5.41, 5.74) is 12.2. The zero-order valence-corrected chi connectivity index (χ0v) is 17.6. The molecule has 0 atom stereocenters. The second kappa shape index (κ2) is 12.5. The zero-order valence-electron chi connectivity index (χ0n) is 16.8. The van der Waals surface area contributed by atoms with E-state index in [4.69, 9.17) is 44.7 Å². The number of benzene rings is 2. The molecule has 2 aromatic rings. The third-order valence-electron chi connectivity index (χ3n) is 3.66. The van der Waals surface area contributed by atoms with Crippen LogP contribution >= 0.6 is 0 Å². The van der Waals surface area contributed by atoms with E-state index in [9.17, 15) is 0 Å². The quantitative estimate of drug-likeness (QED) is 0.191. The lowest BCUT2D eigenvalue weighted by molar-refractivity contribution is 0.279. The molecule has 0 spiro atoms. The van der Waals surface area contributed by atoms with Gasteiger partial charge < -0.3 is 25.5 Å². The third-order valence-corrected chi connectivity index (χ3v) is 3.66. The Hall–Kier alpha value is -3.11. The molecular formula is C20H27N4O5S-. The van der Waals surface area contributed by atoms with E-state index >= 15 is 0 Å². The van der Waals surface area contributed by atoms with Crippen molar-refractivity contribution in [2.24, 2.45) is 11.5 Å². The van der Waals surface area contributed by atoms with Gasteiger partial charge in [0.25, 0.3) is 0 Å². The number of nitrogen functional groups attached to an aromatic ring is 2. The smallest absolute Gasteiger partial charge is 0.122 e. The van der Waals surface area contributed by atoms with Crippen molar-refractivity contribution in [2.75, 3.05) is 19.5 Å². The van der Waals surface area contributed by atoms with E-state index in [0.717, 1.165) is 30.8 Å². The molecule has 0 radical (unpaired) electrons. The molecule has 10 heteroatoms. The van der Waals surface area contributed by atoms with Gasteiger partial charge in [-0.3, -0.25) is 10.8 Å². The Morgan fingerprint density at radius 2 is 1.10 bits per heavy atom. The molecule has 0 aliphatic carbocycles. The van der Waals surface area contributed by atoms with Crippen molar-refractivity contribution in [3.05, 3.63) is 59.7 Å². The highest BCUT2D eigenvalue weighted by Crippen LogP contribution is 2.14. The summed E-state index contributed by atoms with van der Waals surface area (Å²) >= 11 is 0. The largest absolute Gasteiger partial charge is 0.748 e. The summed E-state index contributed by atoms with van der Waals surface area (Å²) in [5, 5.41) is 14.7. The van der Waals surface area contributed by atoms with Gasteiger partial charge in [0.15, 0.2) is 0 Å². The molecular weight excluding hydrogens is 408 g/mol.